The van der Waals surface area contributed by atoms with E-state index in [-0.39, 0.29) is 11.8 Å². The van der Waals surface area contributed by atoms with Crippen molar-refractivity contribution in [2.45, 2.75) is 6.42 Å². The number of amides is 1. The smallest absolute Gasteiger partial charge is 0.234 e. The molecular weight excluding hydrogens is 252 g/mol. The molecule has 1 amide bonds. The maximum atomic E-state index is 11.0. The summed E-state index contributed by atoms with van der Waals surface area (Å²) in [4.78, 5) is 14.2. The lowest BCUT2D eigenvalue weighted by atomic mass is 10.1. The molecule has 18 heavy (non-hydrogen) atoms. The molecule has 0 atom stereocenters. The van der Waals surface area contributed by atoms with Gasteiger partial charge in [0.15, 0.2) is 0 Å². The lowest BCUT2D eigenvalue weighted by Crippen LogP contribution is -2.26. The van der Waals surface area contributed by atoms with E-state index < -0.39 is 0 Å². The van der Waals surface area contributed by atoms with Gasteiger partial charge in [-0.2, -0.15) is 0 Å². The van der Waals surface area contributed by atoms with Crippen LogP contribution in [-0.2, 0) is 11.2 Å². The van der Waals surface area contributed by atoms with Crippen LogP contribution in [-0.4, -0.2) is 30.4 Å². The predicted octanol–water partition coefficient (Wildman–Crippen LogP) is 2.07. The van der Waals surface area contributed by atoms with Crippen molar-refractivity contribution in [2.24, 2.45) is 0 Å². The summed E-state index contributed by atoms with van der Waals surface area (Å²) in [5.74, 6) is 0.684. The molecule has 0 fully saturated rings. The largest absolute Gasteiger partial charge is 0.497 e. The highest BCUT2D eigenvalue weighted by Crippen LogP contribution is 2.23. The third-order valence-corrected chi connectivity index (χ3v) is 3.06. The highest BCUT2D eigenvalue weighted by molar-refractivity contribution is 6.27. The molecule has 2 rings (SSSR count). The van der Waals surface area contributed by atoms with Crippen molar-refractivity contribution in [3.63, 3.8) is 0 Å². The van der Waals surface area contributed by atoms with E-state index >= 15 is 0 Å². The van der Waals surface area contributed by atoms with Gasteiger partial charge in [-0.15, -0.1) is 11.6 Å². The molecule has 4 nitrogen and oxygen atoms in total. The summed E-state index contributed by atoms with van der Waals surface area (Å²) in [6.45, 7) is 0.579. The Morgan fingerprint density at radius 1 is 1.50 bits per heavy atom. The van der Waals surface area contributed by atoms with E-state index in [0.717, 1.165) is 28.6 Å². The highest BCUT2D eigenvalue weighted by Gasteiger charge is 2.05. The van der Waals surface area contributed by atoms with Crippen LogP contribution in [0.25, 0.3) is 10.9 Å². The molecule has 0 aliphatic carbocycles. The fraction of sp³-hybridized carbons (Fsp3) is 0.308. The second kappa shape index (κ2) is 5.78. The first kappa shape index (κ1) is 12.8. The number of carbonyl (C=O) groups is 1. The van der Waals surface area contributed by atoms with Crippen molar-refractivity contribution in [1.82, 2.24) is 10.3 Å². The van der Waals surface area contributed by atoms with Gasteiger partial charge in [0.2, 0.25) is 5.91 Å². The van der Waals surface area contributed by atoms with Gasteiger partial charge < -0.3 is 15.0 Å². The zero-order valence-corrected chi connectivity index (χ0v) is 10.9. The van der Waals surface area contributed by atoms with Crippen molar-refractivity contribution in [3.8, 4) is 5.75 Å². The van der Waals surface area contributed by atoms with Crippen LogP contribution in [0.1, 0.15) is 5.56 Å². The van der Waals surface area contributed by atoms with Crippen LogP contribution in [0.3, 0.4) is 0 Å². The number of fused-ring (bicyclic) bond motifs is 1. The van der Waals surface area contributed by atoms with Crippen molar-refractivity contribution < 1.29 is 9.53 Å². The fourth-order valence-corrected chi connectivity index (χ4v) is 1.97. The number of benzene rings is 1. The number of halogens is 1. The third kappa shape index (κ3) is 2.76. The van der Waals surface area contributed by atoms with Gasteiger partial charge in [-0.25, -0.2) is 0 Å². The topological polar surface area (TPSA) is 54.1 Å². The SMILES string of the molecule is COc1ccc2[nH]cc(CCNC(=O)CCl)c2c1. The summed E-state index contributed by atoms with van der Waals surface area (Å²) in [6.07, 6.45) is 2.72. The Morgan fingerprint density at radius 3 is 3.06 bits per heavy atom. The standard InChI is InChI=1S/C13H15ClN2O2/c1-18-10-2-3-12-11(6-10)9(8-16-12)4-5-15-13(17)7-14/h2-3,6,8,16H,4-5,7H2,1H3,(H,15,17). The molecule has 96 valence electrons. The Morgan fingerprint density at radius 2 is 2.33 bits per heavy atom. The number of alkyl halides is 1. The zero-order chi connectivity index (χ0) is 13.0. The molecule has 0 aliphatic heterocycles. The van der Waals surface area contributed by atoms with Crippen LogP contribution < -0.4 is 10.1 Å². The first-order valence-electron chi connectivity index (χ1n) is 5.71. The van der Waals surface area contributed by atoms with Crippen molar-refractivity contribution in [1.29, 1.82) is 0 Å². The summed E-state index contributed by atoms with van der Waals surface area (Å²) in [7, 11) is 1.65. The average molecular weight is 267 g/mol. The highest BCUT2D eigenvalue weighted by atomic mass is 35.5. The number of hydrogen-bond donors (Lipinski definition) is 2. The van der Waals surface area contributed by atoms with Crippen LogP contribution in [0.15, 0.2) is 24.4 Å². The Balaban J connectivity index is 2.10. The first-order valence-corrected chi connectivity index (χ1v) is 6.24. The molecule has 2 aromatic rings. The molecule has 0 radical (unpaired) electrons. The van der Waals surface area contributed by atoms with Gasteiger partial charge in [-0.1, -0.05) is 0 Å². The van der Waals surface area contributed by atoms with Crippen LogP contribution >= 0.6 is 11.6 Å². The van der Waals surface area contributed by atoms with Crippen LogP contribution in [0, 0.1) is 0 Å². The number of aromatic nitrogens is 1. The van der Waals surface area contributed by atoms with Gasteiger partial charge in [-0.3, -0.25) is 4.79 Å². The minimum absolute atomic E-state index is 0.00169. The molecule has 0 aliphatic rings. The number of rotatable bonds is 5. The summed E-state index contributed by atoms with van der Waals surface area (Å²) in [6, 6.07) is 5.89. The molecule has 0 unspecified atom stereocenters. The zero-order valence-electron chi connectivity index (χ0n) is 10.1. The first-order chi connectivity index (χ1) is 8.74. The molecule has 5 heteroatoms. The van der Waals surface area contributed by atoms with E-state index in [1.807, 2.05) is 24.4 Å². The van der Waals surface area contributed by atoms with Gasteiger partial charge in [0, 0.05) is 23.6 Å². The molecule has 1 heterocycles. The van der Waals surface area contributed by atoms with Crippen LogP contribution in [0.4, 0.5) is 0 Å². The molecule has 0 bridgehead atoms. The van der Waals surface area contributed by atoms with Gasteiger partial charge in [0.05, 0.1) is 7.11 Å². The van der Waals surface area contributed by atoms with Gasteiger partial charge in [-0.05, 0) is 30.2 Å². The monoisotopic (exact) mass is 266 g/mol. The Bertz CT molecular complexity index is 551. The molecule has 0 saturated heterocycles. The minimum Gasteiger partial charge on any atom is -0.497 e. The molecule has 2 N–H and O–H groups in total. The number of carbonyl (C=O) groups excluding carboxylic acids is 1. The van der Waals surface area contributed by atoms with Gasteiger partial charge >= 0.3 is 0 Å². The Kier molecular flexibility index (Phi) is 4.10. The summed E-state index contributed by atoms with van der Waals surface area (Å²) < 4.78 is 5.21. The minimum atomic E-state index is -0.144. The molecule has 1 aromatic heterocycles. The van der Waals surface area contributed by atoms with E-state index in [1.165, 1.54) is 0 Å². The van der Waals surface area contributed by atoms with Crippen molar-refractivity contribution in [3.05, 3.63) is 30.0 Å². The van der Waals surface area contributed by atoms with Crippen molar-refractivity contribution in [2.75, 3.05) is 19.5 Å². The van der Waals surface area contributed by atoms with E-state index in [0.29, 0.717) is 6.54 Å². The molecule has 1 aromatic carbocycles. The van der Waals surface area contributed by atoms with E-state index in [1.54, 1.807) is 7.11 Å². The number of aromatic amines is 1. The number of ether oxygens (including phenoxy) is 1. The Hall–Kier alpha value is -1.68. The second-order valence-electron chi connectivity index (χ2n) is 3.96. The number of methoxy groups -OCH3 is 1. The lowest BCUT2D eigenvalue weighted by Gasteiger charge is -2.03. The maximum Gasteiger partial charge on any atom is 0.234 e. The molecule has 0 saturated carbocycles. The average Bonchev–Trinajstić information content (AvgIpc) is 2.81. The van der Waals surface area contributed by atoms with Crippen LogP contribution in [0.5, 0.6) is 5.75 Å². The van der Waals surface area contributed by atoms with Gasteiger partial charge in [0.1, 0.15) is 11.6 Å². The van der Waals surface area contributed by atoms with Gasteiger partial charge in [0.25, 0.3) is 0 Å². The third-order valence-electron chi connectivity index (χ3n) is 2.81. The van der Waals surface area contributed by atoms with Crippen molar-refractivity contribution >= 4 is 28.4 Å². The van der Waals surface area contributed by atoms with E-state index in [9.17, 15) is 4.79 Å². The normalized spacial score (nSPS) is 10.6. The quantitative estimate of drug-likeness (QED) is 0.814. The van der Waals surface area contributed by atoms with E-state index in [2.05, 4.69) is 10.3 Å². The number of hydrogen-bond acceptors (Lipinski definition) is 2. The fourth-order valence-electron chi connectivity index (χ4n) is 1.88. The summed E-state index contributed by atoms with van der Waals surface area (Å²) in [5, 5.41) is 3.87. The second-order valence-corrected chi connectivity index (χ2v) is 4.23. The van der Waals surface area contributed by atoms with Crippen LogP contribution in [0.2, 0.25) is 0 Å². The lowest BCUT2D eigenvalue weighted by molar-refractivity contribution is -0.118. The predicted molar refractivity (Wildman–Crippen MR) is 72.3 cm³/mol. The van der Waals surface area contributed by atoms with E-state index in [4.69, 9.17) is 16.3 Å². The maximum absolute atomic E-state index is 11.0. The summed E-state index contributed by atoms with van der Waals surface area (Å²) in [5.41, 5.74) is 2.22. The Labute approximate surface area is 110 Å². The number of nitrogens with one attached hydrogen (secondary N) is 2. The summed E-state index contributed by atoms with van der Waals surface area (Å²) >= 11 is 5.41. The number of H-pyrrole nitrogens is 1. The molecular formula is C13H15ClN2O2. The molecule has 0 spiro atoms.